The second-order valence-electron chi connectivity index (χ2n) is 5.56. The third-order valence-electron chi connectivity index (χ3n) is 3.52. The SMILES string of the molecule is Cc1ccc(CNC(=O)CN(C)Cc2sccc2C)cc1F. The average molecular weight is 320 g/mol. The van der Waals surface area contributed by atoms with Gasteiger partial charge in [-0.05, 0) is 55.1 Å². The zero-order valence-electron chi connectivity index (χ0n) is 13.1. The molecule has 1 N–H and O–H groups in total. The van der Waals surface area contributed by atoms with Crippen LogP contribution in [0.15, 0.2) is 29.6 Å². The van der Waals surface area contributed by atoms with Crippen molar-refractivity contribution in [3.8, 4) is 0 Å². The number of hydrogen-bond acceptors (Lipinski definition) is 3. The van der Waals surface area contributed by atoms with Crippen LogP contribution < -0.4 is 5.32 Å². The molecular weight excluding hydrogens is 299 g/mol. The molecule has 118 valence electrons. The first-order valence-electron chi connectivity index (χ1n) is 7.19. The summed E-state index contributed by atoms with van der Waals surface area (Å²) < 4.78 is 13.4. The van der Waals surface area contributed by atoms with Gasteiger partial charge in [-0.1, -0.05) is 12.1 Å². The summed E-state index contributed by atoms with van der Waals surface area (Å²) in [6.07, 6.45) is 0. The molecule has 0 radical (unpaired) electrons. The molecule has 1 aromatic heterocycles. The molecule has 3 nitrogen and oxygen atoms in total. The molecule has 2 aromatic rings. The van der Waals surface area contributed by atoms with Crippen molar-refractivity contribution in [2.75, 3.05) is 13.6 Å². The van der Waals surface area contributed by atoms with Gasteiger partial charge in [-0.2, -0.15) is 0 Å². The Morgan fingerprint density at radius 3 is 2.68 bits per heavy atom. The molecule has 1 amide bonds. The number of nitrogens with zero attached hydrogens (tertiary/aromatic N) is 1. The highest BCUT2D eigenvalue weighted by Crippen LogP contribution is 2.17. The van der Waals surface area contributed by atoms with Gasteiger partial charge < -0.3 is 5.32 Å². The number of halogens is 1. The number of aryl methyl sites for hydroxylation is 2. The van der Waals surface area contributed by atoms with Crippen molar-refractivity contribution < 1.29 is 9.18 Å². The lowest BCUT2D eigenvalue weighted by molar-refractivity contribution is -0.122. The summed E-state index contributed by atoms with van der Waals surface area (Å²) in [5.41, 5.74) is 2.64. The van der Waals surface area contributed by atoms with E-state index < -0.39 is 0 Å². The van der Waals surface area contributed by atoms with Crippen LogP contribution in [0.5, 0.6) is 0 Å². The van der Waals surface area contributed by atoms with E-state index in [2.05, 4.69) is 23.7 Å². The van der Waals surface area contributed by atoms with Gasteiger partial charge in [0.2, 0.25) is 5.91 Å². The normalized spacial score (nSPS) is 11.0. The van der Waals surface area contributed by atoms with Crippen LogP contribution in [0.3, 0.4) is 0 Å². The van der Waals surface area contributed by atoms with E-state index in [1.54, 1.807) is 24.3 Å². The fourth-order valence-electron chi connectivity index (χ4n) is 2.12. The van der Waals surface area contributed by atoms with Crippen LogP contribution in [0.4, 0.5) is 4.39 Å². The zero-order chi connectivity index (χ0) is 16.1. The maximum absolute atomic E-state index is 13.4. The van der Waals surface area contributed by atoms with Crippen LogP contribution in [0.2, 0.25) is 0 Å². The predicted molar refractivity (Wildman–Crippen MR) is 88.4 cm³/mol. The maximum Gasteiger partial charge on any atom is 0.234 e. The van der Waals surface area contributed by atoms with Gasteiger partial charge in [0.25, 0.3) is 0 Å². The van der Waals surface area contributed by atoms with Crippen LogP contribution in [-0.4, -0.2) is 24.4 Å². The van der Waals surface area contributed by atoms with Crippen molar-refractivity contribution in [3.63, 3.8) is 0 Å². The molecule has 0 aliphatic heterocycles. The Labute approximate surface area is 134 Å². The Hall–Kier alpha value is -1.72. The number of likely N-dealkylation sites (N-methyl/N-ethyl adjacent to an activating group) is 1. The molecule has 1 heterocycles. The lowest BCUT2D eigenvalue weighted by Gasteiger charge is -2.16. The number of thiophene rings is 1. The van der Waals surface area contributed by atoms with E-state index in [1.165, 1.54) is 16.5 Å². The highest BCUT2D eigenvalue weighted by molar-refractivity contribution is 7.10. The number of carbonyl (C=O) groups excluding carboxylic acids is 1. The second-order valence-corrected chi connectivity index (χ2v) is 6.56. The molecule has 0 aliphatic rings. The number of amides is 1. The Morgan fingerprint density at radius 1 is 1.27 bits per heavy atom. The van der Waals surface area contributed by atoms with E-state index in [0.29, 0.717) is 18.7 Å². The van der Waals surface area contributed by atoms with E-state index in [0.717, 1.165) is 12.1 Å². The largest absolute Gasteiger partial charge is 0.351 e. The highest BCUT2D eigenvalue weighted by Gasteiger charge is 2.09. The molecule has 0 saturated carbocycles. The van der Waals surface area contributed by atoms with Gasteiger partial charge in [-0.25, -0.2) is 4.39 Å². The number of rotatable bonds is 6. The topological polar surface area (TPSA) is 32.3 Å². The molecule has 0 fully saturated rings. The van der Waals surface area contributed by atoms with Gasteiger partial charge in [-0.3, -0.25) is 9.69 Å². The first-order valence-corrected chi connectivity index (χ1v) is 8.07. The van der Waals surface area contributed by atoms with Crippen molar-refractivity contribution in [1.82, 2.24) is 10.2 Å². The standard InChI is InChI=1S/C17H21FN2OS/c1-12-4-5-14(8-15(12)18)9-19-17(21)11-20(3)10-16-13(2)6-7-22-16/h4-8H,9-11H2,1-3H3,(H,19,21). The van der Waals surface area contributed by atoms with Gasteiger partial charge in [0.05, 0.1) is 6.54 Å². The van der Waals surface area contributed by atoms with Crippen molar-refractivity contribution in [2.24, 2.45) is 0 Å². The first-order chi connectivity index (χ1) is 10.5. The quantitative estimate of drug-likeness (QED) is 0.886. The lowest BCUT2D eigenvalue weighted by atomic mass is 10.1. The van der Waals surface area contributed by atoms with Crippen molar-refractivity contribution in [2.45, 2.75) is 26.9 Å². The van der Waals surface area contributed by atoms with Crippen LogP contribution in [-0.2, 0) is 17.9 Å². The third kappa shape index (κ3) is 4.64. The van der Waals surface area contributed by atoms with Crippen LogP contribution in [0.1, 0.15) is 21.6 Å². The first kappa shape index (κ1) is 16.6. The van der Waals surface area contributed by atoms with Crippen LogP contribution in [0.25, 0.3) is 0 Å². The molecule has 1 aromatic carbocycles. The Bertz CT molecular complexity index is 654. The molecule has 0 saturated heterocycles. The summed E-state index contributed by atoms with van der Waals surface area (Å²) in [7, 11) is 1.92. The summed E-state index contributed by atoms with van der Waals surface area (Å²) in [6.45, 7) is 5.23. The van der Waals surface area contributed by atoms with Gasteiger partial charge >= 0.3 is 0 Å². The van der Waals surface area contributed by atoms with E-state index in [9.17, 15) is 9.18 Å². The maximum atomic E-state index is 13.4. The van der Waals surface area contributed by atoms with Gasteiger partial charge in [0, 0.05) is 18.0 Å². The average Bonchev–Trinajstić information content (AvgIpc) is 2.85. The zero-order valence-corrected chi connectivity index (χ0v) is 14.0. The molecule has 2 rings (SSSR count). The molecule has 0 spiro atoms. The number of carbonyl (C=O) groups is 1. The smallest absolute Gasteiger partial charge is 0.234 e. The minimum Gasteiger partial charge on any atom is -0.351 e. The van der Waals surface area contributed by atoms with Gasteiger partial charge in [0.15, 0.2) is 0 Å². The van der Waals surface area contributed by atoms with Crippen molar-refractivity contribution in [1.29, 1.82) is 0 Å². The monoisotopic (exact) mass is 320 g/mol. The van der Waals surface area contributed by atoms with E-state index in [4.69, 9.17) is 0 Å². The van der Waals surface area contributed by atoms with E-state index in [-0.39, 0.29) is 11.7 Å². The molecule has 0 unspecified atom stereocenters. The van der Waals surface area contributed by atoms with Gasteiger partial charge in [0.1, 0.15) is 5.82 Å². The van der Waals surface area contributed by atoms with E-state index >= 15 is 0 Å². The Balaban J connectivity index is 1.80. The minimum absolute atomic E-state index is 0.0577. The molecule has 0 aliphatic carbocycles. The summed E-state index contributed by atoms with van der Waals surface area (Å²) in [5.74, 6) is -0.297. The fourth-order valence-corrected chi connectivity index (χ4v) is 3.10. The third-order valence-corrected chi connectivity index (χ3v) is 4.53. The van der Waals surface area contributed by atoms with Crippen LogP contribution in [0, 0.1) is 19.7 Å². The number of nitrogens with one attached hydrogen (secondary N) is 1. The lowest BCUT2D eigenvalue weighted by Crippen LogP contribution is -2.34. The van der Waals surface area contributed by atoms with Gasteiger partial charge in [-0.15, -0.1) is 11.3 Å². The molecule has 5 heteroatoms. The van der Waals surface area contributed by atoms with Crippen molar-refractivity contribution in [3.05, 3.63) is 57.0 Å². The van der Waals surface area contributed by atoms with Crippen LogP contribution >= 0.6 is 11.3 Å². The summed E-state index contributed by atoms with van der Waals surface area (Å²) >= 11 is 1.70. The molecule has 0 atom stereocenters. The molecule has 0 bridgehead atoms. The Kier molecular flexibility index (Phi) is 5.69. The number of benzene rings is 1. The molecule has 22 heavy (non-hydrogen) atoms. The summed E-state index contributed by atoms with van der Waals surface area (Å²) in [6, 6.07) is 7.11. The molecular formula is C17H21FN2OS. The Morgan fingerprint density at radius 2 is 2.05 bits per heavy atom. The number of hydrogen-bond donors (Lipinski definition) is 1. The second kappa shape index (κ2) is 7.51. The fraction of sp³-hybridized carbons (Fsp3) is 0.353. The summed E-state index contributed by atoms with van der Waals surface area (Å²) in [5, 5.41) is 4.89. The summed E-state index contributed by atoms with van der Waals surface area (Å²) in [4.78, 5) is 15.2. The van der Waals surface area contributed by atoms with E-state index in [1.807, 2.05) is 18.0 Å². The van der Waals surface area contributed by atoms with Crippen molar-refractivity contribution >= 4 is 17.2 Å². The predicted octanol–water partition coefficient (Wildman–Crippen LogP) is 3.25. The minimum atomic E-state index is -0.239. The highest BCUT2D eigenvalue weighted by atomic mass is 32.1.